The molecule has 6 nitrogen and oxygen atoms in total. The summed E-state index contributed by atoms with van der Waals surface area (Å²) in [5, 5.41) is 0. The van der Waals surface area contributed by atoms with Crippen molar-refractivity contribution in [2.75, 3.05) is 20.1 Å². The Morgan fingerprint density at radius 2 is 1.38 bits per heavy atom. The van der Waals surface area contributed by atoms with Crippen molar-refractivity contribution in [3.63, 3.8) is 0 Å². The third kappa shape index (κ3) is 3.86. The Kier molecular flexibility index (Phi) is 4.84. The van der Waals surface area contributed by atoms with Gasteiger partial charge in [-0.15, -0.1) is 0 Å². The highest BCUT2D eigenvalue weighted by atomic mass is 16.5. The number of likely N-dealkylation sites (tertiary alicyclic amines) is 1. The van der Waals surface area contributed by atoms with E-state index in [-0.39, 0.29) is 6.10 Å². The van der Waals surface area contributed by atoms with Crippen LogP contribution in [0.4, 0.5) is 0 Å². The number of hydrogen-bond acceptors (Lipinski definition) is 6. The summed E-state index contributed by atoms with van der Waals surface area (Å²) in [5.41, 5.74) is 2.76. The summed E-state index contributed by atoms with van der Waals surface area (Å²) in [6.07, 6.45) is 9.34. The van der Waals surface area contributed by atoms with Gasteiger partial charge in [0.1, 0.15) is 6.10 Å². The molecule has 0 aliphatic carbocycles. The number of ether oxygens (including phenoxy) is 1. The van der Waals surface area contributed by atoms with Gasteiger partial charge in [0.05, 0.1) is 0 Å². The monoisotopic (exact) mass is 347 g/mol. The molecule has 1 aliphatic rings. The molecule has 0 radical (unpaired) electrons. The predicted octanol–water partition coefficient (Wildman–Crippen LogP) is 3.07. The quantitative estimate of drug-likeness (QED) is 0.723. The minimum Gasteiger partial charge on any atom is -0.460 e. The summed E-state index contributed by atoms with van der Waals surface area (Å²) in [6, 6.07) is 10.3. The molecule has 0 atom stereocenters. The molecule has 0 spiro atoms. The summed E-state index contributed by atoms with van der Waals surface area (Å²) < 4.78 is 5.89. The molecular formula is C20H21N5O. The second-order valence-corrected chi connectivity index (χ2v) is 6.54. The fourth-order valence-electron chi connectivity index (χ4n) is 2.99. The first-order valence-electron chi connectivity index (χ1n) is 8.83. The van der Waals surface area contributed by atoms with E-state index < -0.39 is 0 Å². The summed E-state index contributed by atoms with van der Waals surface area (Å²) in [5.74, 6) is 0.706. The van der Waals surface area contributed by atoms with E-state index in [9.17, 15) is 0 Å². The van der Waals surface area contributed by atoms with Crippen molar-refractivity contribution in [3.05, 3.63) is 55.1 Å². The van der Waals surface area contributed by atoms with Crippen LogP contribution in [0.5, 0.6) is 6.01 Å². The summed E-state index contributed by atoms with van der Waals surface area (Å²) in [4.78, 5) is 19.9. The van der Waals surface area contributed by atoms with Crippen LogP contribution < -0.4 is 4.74 Å². The smallest absolute Gasteiger partial charge is 0.316 e. The lowest BCUT2D eigenvalue weighted by molar-refractivity contribution is 0.105. The fourth-order valence-corrected chi connectivity index (χ4v) is 2.99. The van der Waals surface area contributed by atoms with Gasteiger partial charge in [-0.05, 0) is 19.9 Å². The molecule has 0 unspecified atom stereocenters. The van der Waals surface area contributed by atoms with Crippen molar-refractivity contribution < 1.29 is 4.74 Å². The zero-order valence-corrected chi connectivity index (χ0v) is 14.7. The van der Waals surface area contributed by atoms with E-state index in [0.29, 0.717) is 11.8 Å². The highest BCUT2D eigenvalue weighted by molar-refractivity contribution is 5.62. The van der Waals surface area contributed by atoms with Crippen LogP contribution >= 0.6 is 0 Å². The molecule has 1 aliphatic heterocycles. The first-order valence-corrected chi connectivity index (χ1v) is 8.83. The highest BCUT2D eigenvalue weighted by Crippen LogP contribution is 2.21. The van der Waals surface area contributed by atoms with Crippen LogP contribution in [0.2, 0.25) is 0 Å². The third-order valence-electron chi connectivity index (χ3n) is 4.58. The molecule has 132 valence electrons. The number of rotatable bonds is 4. The van der Waals surface area contributed by atoms with E-state index >= 15 is 0 Å². The van der Waals surface area contributed by atoms with Crippen LogP contribution in [-0.2, 0) is 0 Å². The largest absolute Gasteiger partial charge is 0.460 e. The summed E-state index contributed by atoms with van der Waals surface area (Å²) >= 11 is 0. The molecule has 0 saturated carbocycles. The number of piperidine rings is 1. The highest BCUT2D eigenvalue weighted by Gasteiger charge is 2.19. The molecule has 1 aromatic carbocycles. The van der Waals surface area contributed by atoms with Crippen LogP contribution in [0, 0.1) is 0 Å². The molecular weight excluding hydrogens is 326 g/mol. The maximum absolute atomic E-state index is 5.89. The second kappa shape index (κ2) is 7.58. The van der Waals surface area contributed by atoms with Gasteiger partial charge >= 0.3 is 6.01 Å². The summed E-state index contributed by atoms with van der Waals surface area (Å²) in [6.45, 7) is 2.10. The second-order valence-electron chi connectivity index (χ2n) is 6.54. The van der Waals surface area contributed by atoms with Crippen LogP contribution in [0.25, 0.3) is 22.5 Å². The van der Waals surface area contributed by atoms with E-state index in [4.69, 9.17) is 4.74 Å². The van der Waals surface area contributed by atoms with E-state index in [1.165, 1.54) is 0 Å². The zero-order chi connectivity index (χ0) is 17.8. The Morgan fingerprint density at radius 1 is 0.808 bits per heavy atom. The Morgan fingerprint density at radius 3 is 2.00 bits per heavy atom. The molecule has 0 bridgehead atoms. The molecule has 3 heterocycles. The third-order valence-corrected chi connectivity index (χ3v) is 4.58. The van der Waals surface area contributed by atoms with Crippen LogP contribution in [-0.4, -0.2) is 51.1 Å². The maximum Gasteiger partial charge on any atom is 0.316 e. The summed E-state index contributed by atoms with van der Waals surface area (Å²) in [7, 11) is 2.13. The van der Waals surface area contributed by atoms with Crippen LogP contribution in [0.15, 0.2) is 55.1 Å². The standard InChI is InChI=1S/C20H21N5O/c1-25-9-7-18(8-10-25)26-20-23-13-17(14-24-20)16-11-21-19(22-12-16)15-5-3-2-4-6-15/h2-6,11-14,18H,7-10H2,1H3. The zero-order valence-electron chi connectivity index (χ0n) is 14.7. The lowest BCUT2D eigenvalue weighted by atomic mass is 10.1. The van der Waals surface area contributed by atoms with Gasteiger partial charge in [0.25, 0.3) is 0 Å². The van der Waals surface area contributed by atoms with Crippen molar-refractivity contribution in [2.45, 2.75) is 18.9 Å². The van der Waals surface area contributed by atoms with Crippen molar-refractivity contribution >= 4 is 0 Å². The van der Waals surface area contributed by atoms with Crippen molar-refractivity contribution in [2.24, 2.45) is 0 Å². The van der Waals surface area contributed by atoms with Gasteiger partial charge in [-0.1, -0.05) is 30.3 Å². The van der Waals surface area contributed by atoms with Crippen molar-refractivity contribution in [1.82, 2.24) is 24.8 Å². The Bertz CT molecular complexity index is 828. The molecule has 4 rings (SSSR count). The van der Waals surface area contributed by atoms with Gasteiger partial charge in [-0.25, -0.2) is 19.9 Å². The van der Waals surface area contributed by atoms with E-state index in [2.05, 4.69) is 31.9 Å². The molecule has 3 aromatic rings. The van der Waals surface area contributed by atoms with Crippen LogP contribution in [0.3, 0.4) is 0 Å². The molecule has 6 heteroatoms. The van der Waals surface area contributed by atoms with Gasteiger partial charge in [0, 0.05) is 54.6 Å². The van der Waals surface area contributed by atoms with Gasteiger partial charge in [0.15, 0.2) is 5.82 Å². The lowest BCUT2D eigenvalue weighted by Crippen LogP contribution is -2.35. The minimum atomic E-state index is 0.200. The lowest BCUT2D eigenvalue weighted by Gasteiger charge is -2.28. The maximum atomic E-state index is 5.89. The van der Waals surface area contributed by atoms with Gasteiger partial charge in [0.2, 0.25) is 0 Å². The molecule has 0 amide bonds. The molecule has 26 heavy (non-hydrogen) atoms. The molecule has 1 fully saturated rings. The Balaban J connectivity index is 1.43. The first-order chi connectivity index (χ1) is 12.8. The number of benzene rings is 1. The average Bonchev–Trinajstić information content (AvgIpc) is 2.71. The Hall–Kier alpha value is -2.86. The van der Waals surface area contributed by atoms with Gasteiger partial charge in [-0.2, -0.15) is 0 Å². The molecule has 1 saturated heterocycles. The van der Waals surface area contributed by atoms with E-state index in [0.717, 1.165) is 42.6 Å². The number of hydrogen-bond donors (Lipinski definition) is 0. The topological polar surface area (TPSA) is 64.0 Å². The Labute approximate surface area is 152 Å². The van der Waals surface area contributed by atoms with Crippen LogP contribution in [0.1, 0.15) is 12.8 Å². The molecule has 2 aromatic heterocycles. The molecule has 0 N–H and O–H groups in total. The van der Waals surface area contributed by atoms with Crippen molar-refractivity contribution in [3.8, 4) is 28.5 Å². The number of aromatic nitrogens is 4. The predicted molar refractivity (Wildman–Crippen MR) is 99.6 cm³/mol. The fraction of sp³-hybridized carbons (Fsp3) is 0.300. The van der Waals surface area contributed by atoms with Gasteiger partial charge in [-0.3, -0.25) is 0 Å². The average molecular weight is 347 g/mol. The van der Waals surface area contributed by atoms with Gasteiger partial charge < -0.3 is 9.64 Å². The van der Waals surface area contributed by atoms with Crippen molar-refractivity contribution in [1.29, 1.82) is 0 Å². The van der Waals surface area contributed by atoms with E-state index in [1.807, 2.05) is 30.3 Å². The SMILES string of the molecule is CN1CCC(Oc2ncc(-c3cnc(-c4ccccc4)nc3)cn2)CC1. The minimum absolute atomic E-state index is 0.200. The normalized spacial score (nSPS) is 15.7. The number of nitrogens with zero attached hydrogens (tertiary/aromatic N) is 5. The van der Waals surface area contributed by atoms with E-state index in [1.54, 1.807) is 24.8 Å². The first kappa shape index (κ1) is 16.6.